The van der Waals surface area contributed by atoms with E-state index in [2.05, 4.69) is 4.72 Å². The lowest BCUT2D eigenvalue weighted by Crippen LogP contribution is -2.43. The van der Waals surface area contributed by atoms with Gasteiger partial charge in [0.15, 0.2) is 0 Å². The Morgan fingerprint density at radius 3 is 2.24 bits per heavy atom. The van der Waals surface area contributed by atoms with Gasteiger partial charge in [-0.15, -0.1) is 0 Å². The molecule has 2 aliphatic carbocycles. The van der Waals surface area contributed by atoms with E-state index in [1.807, 2.05) is 0 Å². The highest BCUT2D eigenvalue weighted by molar-refractivity contribution is 7.89. The van der Waals surface area contributed by atoms with Crippen LogP contribution in [0.4, 0.5) is 0 Å². The molecule has 0 aromatic carbocycles. The quantitative estimate of drug-likeness (QED) is 0.735. The third-order valence-corrected chi connectivity index (χ3v) is 5.30. The summed E-state index contributed by atoms with van der Waals surface area (Å²) in [7, 11) is -3.18. The number of sulfonamides is 1. The molecular formula is C12H23NO3S. The molecule has 0 atom stereocenters. The zero-order valence-corrected chi connectivity index (χ0v) is 11.1. The third kappa shape index (κ3) is 4.56. The fourth-order valence-electron chi connectivity index (χ4n) is 2.46. The lowest BCUT2D eigenvalue weighted by atomic mass is 9.95. The van der Waals surface area contributed by atoms with Gasteiger partial charge in [0, 0.05) is 6.54 Å². The highest BCUT2D eigenvalue weighted by Crippen LogP contribution is 2.30. The van der Waals surface area contributed by atoms with Crippen LogP contribution >= 0.6 is 0 Å². The number of hydrogen-bond acceptors (Lipinski definition) is 3. The maximum atomic E-state index is 11.7. The van der Waals surface area contributed by atoms with E-state index in [0.29, 0.717) is 5.92 Å². The van der Waals surface area contributed by atoms with Gasteiger partial charge in [0.05, 0.1) is 11.4 Å². The Balaban J connectivity index is 1.82. The van der Waals surface area contributed by atoms with E-state index in [4.69, 9.17) is 0 Å². The molecule has 0 bridgehead atoms. The molecular weight excluding hydrogens is 238 g/mol. The Labute approximate surface area is 104 Å². The van der Waals surface area contributed by atoms with Crippen molar-refractivity contribution in [3.63, 3.8) is 0 Å². The van der Waals surface area contributed by atoms with E-state index in [-0.39, 0.29) is 12.3 Å². The minimum Gasteiger partial charge on any atom is -0.389 e. The monoisotopic (exact) mass is 261 g/mol. The number of hydrogen-bond donors (Lipinski definition) is 2. The van der Waals surface area contributed by atoms with Crippen molar-refractivity contribution in [1.82, 2.24) is 4.72 Å². The second-order valence-electron chi connectivity index (χ2n) is 5.68. The number of nitrogens with one attached hydrogen (secondary N) is 1. The molecule has 2 rings (SSSR count). The van der Waals surface area contributed by atoms with E-state index in [1.165, 1.54) is 0 Å². The molecule has 2 N–H and O–H groups in total. The summed E-state index contributed by atoms with van der Waals surface area (Å²) in [4.78, 5) is 0. The number of aliphatic hydroxyl groups is 1. The van der Waals surface area contributed by atoms with Crippen molar-refractivity contribution < 1.29 is 13.5 Å². The third-order valence-electron chi connectivity index (χ3n) is 3.81. The molecule has 0 aromatic rings. The first kappa shape index (κ1) is 13.3. The van der Waals surface area contributed by atoms with Crippen molar-refractivity contribution in [2.24, 2.45) is 5.92 Å². The van der Waals surface area contributed by atoms with Crippen molar-refractivity contribution in [2.45, 2.75) is 57.0 Å². The zero-order valence-electron chi connectivity index (χ0n) is 10.3. The van der Waals surface area contributed by atoms with Crippen molar-refractivity contribution in [1.29, 1.82) is 0 Å². The van der Waals surface area contributed by atoms with Crippen LogP contribution in [0.5, 0.6) is 0 Å². The molecule has 5 heteroatoms. The first-order valence-electron chi connectivity index (χ1n) is 6.69. The Kier molecular flexibility index (Phi) is 4.10. The highest BCUT2D eigenvalue weighted by Gasteiger charge is 2.32. The van der Waals surface area contributed by atoms with Crippen LogP contribution in [0.1, 0.15) is 51.4 Å². The molecule has 0 spiro atoms. The van der Waals surface area contributed by atoms with Crippen molar-refractivity contribution in [3.05, 3.63) is 0 Å². The van der Waals surface area contributed by atoms with Gasteiger partial charge in [-0.05, 0) is 31.6 Å². The Morgan fingerprint density at radius 1 is 1.12 bits per heavy atom. The average Bonchev–Trinajstić information content (AvgIpc) is 3.05. The molecule has 0 radical (unpaired) electrons. The summed E-state index contributed by atoms with van der Waals surface area (Å²) < 4.78 is 26.0. The molecule has 0 amide bonds. The minimum absolute atomic E-state index is 0.196. The van der Waals surface area contributed by atoms with Crippen LogP contribution in [-0.4, -0.2) is 31.4 Å². The highest BCUT2D eigenvalue weighted by atomic mass is 32.2. The molecule has 2 saturated carbocycles. The van der Waals surface area contributed by atoms with E-state index in [1.54, 1.807) is 0 Å². The predicted octanol–water partition coefficient (Wildman–Crippen LogP) is 1.40. The first-order valence-corrected chi connectivity index (χ1v) is 8.34. The normalized spacial score (nSPS) is 25.5. The maximum Gasteiger partial charge on any atom is 0.211 e. The molecule has 2 aliphatic rings. The van der Waals surface area contributed by atoms with E-state index in [9.17, 15) is 13.5 Å². The molecule has 2 fully saturated rings. The van der Waals surface area contributed by atoms with Crippen LogP contribution in [0.15, 0.2) is 0 Å². The van der Waals surface area contributed by atoms with Gasteiger partial charge in [-0.2, -0.15) is 0 Å². The summed E-state index contributed by atoms with van der Waals surface area (Å²) in [5, 5.41) is 10.3. The smallest absolute Gasteiger partial charge is 0.211 e. The summed E-state index contributed by atoms with van der Waals surface area (Å²) in [5.74, 6) is 0.597. The lowest BCUT2D eigenvalue weighted by molar-refractivity contribution is 0.0303. The Morgan fingerprint density at radius 2 is 1.71 bits per heavy atom. The Bertz CT molecular complexity index is 341. The van der Waals surface area contributed by atoms with E-state index < -0.39 is 15.6 Å². The second-order valence-corrected chi connectivity index (χ2v) is 7.54. The van der Waals surface area contributed by atoms with Crippen LogP contribution < -0.4 is 4.72 Å². The van der Waals surface area contributed by atoms with Crippen LogP contribution in [0.3, 0.4) is 0 Å². The SMILES string of the molecule is O=S(=O)(CC1CC1)NCC1(O)CCCCCC1. The van der Waals surface area contributed by atoms with Gasteiger partial charge in [-0.3, -0.25) is 0 Å². The first-order chi connectivity index (χ1) is 7.99. The van der Waals surface area contributed by atoms with Crippen LogP contribution in [0.2, 0.25) is 0 Å². The summed E-state index contributed by atoms with van der Waals surface area (Å²) in [6, 6.07) is 0. The van der Waals surface area contributed by atoms with Gasteiger partial charge < -0.3 is 5.11 Å². The van der Waals surface area contributed by atoms with Crippen molar-refractivity contribution >= 4 is 10.0 Å². The number of rotatable bonds is 5. The zero-order chi connectivity index (χ0) is 12.4. The van der Waals surface area contributed by atoms with Gasteiger partial charge in [0.1, 0.15) is 0 Å². The standard InChI is InChI=1S/C12H23NO3S/c14-12(7-3-1-2-4-8-12)10-13-17(15,16)9-11-5-6-11/h11,13-14H,1-10H2. The Hall–Kier alpha value is -0.130. The topological polar surface area (TPSA) is 66.4 Å². The average molecular weight is 261 g/mol. The fourth-order valence-corrected chi connectivity index (χ4v) is 4.02. The van der Waals surface area contributed by atoms with Crippen molar-refractivity contribution in [2.75, 3.05) is 12.3 Å². The van der Waals surface area contributed by atoms with Gasteiger partial charge >= 0.3 is 0 Å². The molecule has 4 nitrogen and oxygen atoms in total. The summed E-state index contributed by atoms with van der Waals surface area (Å²) in [5.41, 5.74) is -0.812. The van der Waals surface area contributed by atoms with Crippen LogP contribution in [-0.2, 0) is 10.0 Å². The van der Waals surface area contributed by atoms with Crippen LogP contribution in [0.25, 0.3) is 0 Å². The molecule has 0 saturated heterocycles. The van der Waals surface area contributed by atoms with Gasteiger partial charge in [-0.25, -0.2) is 13.1 Å². The van der Waals surface area contributed by atoms with E-state index >= 15 is 0 Å². The largest absolute Gasteiger partial charge is 0.389 e. The molecule has 17 heavy (non-hydrogen) atoms. The fraction of sp³-hybridized carbons (Fsp3) is 1.00. The molecule has 0 unspecified atom stereocenters. The molecule has 0 aliphatic heterocycles. The van der Waals surface area contributed by atoms with Gasteiger partial charge in [-0.1, -0.05) is 25.7 Å². The molecule has 0 aromatic heterocycles. The summed E-state index contributed by atoms with van der Waals surface area (Å²) in [6.45, 7) is 0.196. The summed E-state index contributed by atoms with van der Waals surface area (Å²) >= 11 is 0. The minimum atomic E-state index is -3.18. The summed E-state index contributed by atoms with van der Waals surface area (Å²) in [6.07, 6.45) is 7.81. The van der Waals surface area contributed by atoms with E-state index in [0.717, 1.165) is 51.4 Å². The van der Waals surface area contributed by atoms with Gasteiger partial charge in [0.25, 0.3) is 0 Å². The molecule has 100 valence electrons. The van der Waals surface area contributed by atoms with Gasteiger partial charge in [0.2, 0.25) is 10.0 Å². The lowest BCUT2D eigenvalue weighted by Gasteiger charge is -2.26. The second kappa shape index (κ2) is 5.24. The molecule has 0 heterocycles. The maximum absolute atomic E-state index is 11.7. The van der Waals surface area contributed by atoms with Crippen LogP contribution in [0, 0.1) is 5.92 Å². The van der Waals surface area contributed by atoms with Crippen molar-refractivity contribution in [3.8, 4) is 0 Å². The predicted molar refractivity (Wildman–Crippen MR) is 67.2 cm³/mol.